The first-order chi connectivity index (χ1) is 9.11. The van der Waals surface area contributed by atoms with Crippen molar-refractivity contribution in [2.75, 3.05) is 0 Å². The van der Waals surface area contributed by atoms with Crippen LogP contribution in [0, 0.1) is 5.82 Å². The van der Waals surface area contributed by atoms with Gasteiger partial charge in [0.05, 0.1) is 6.61 Å². The molecule has 0 aliphatic rings. The lowest BCUT2D eigenvalue weighted by Gasteiger charge is -2.10. The maximum absolute atomic E-state index is 13.6. The number of benzene rings is 2. The molecule has 0 radical (unpaired) electrons. The maximum Gasteiger partial charge on any atom is 0.248 e. The molecule has 0 saturated heterocycles. The third-order valence-corrected chi connectivity index (χ3v) is 2.58. The van der Waals surface area contributed by atoms with Gasteiger partial charge in [-0.05, 0) is 30.3 Å². The van der Waals surface area contributed by atoms with Crippen LogP contribution in [0.25, 0.3) is 0 Å². The molecular weight excluding hydrogens is 249 g/mol. The Morgan fingerprint density at radius 2 is 1.89 bits per heavy atom. The van der Waals surface area contributed by atoms with Gasteiger partial charge < -0.3 is 15.6 Å². The van der Waals surface area contributed by atoms with E-state index < -0.39 is 11.7 Å². The first kappa shape index (κ1) is 13.0. The summed E-state index contributed by atoms with van der Waals surface area (Å²) in [7, 11) is 0. The van der Waals surface area contributed by atoms with Crippen LogP contribution < -0.4 is 10.5 Å². The van der Waals surface area contributed by atoms with Gasteiger partial charge in [-0.15, -0.1) is 0 Å². The van der Waals surface area contributed by atoms with Gasteiger partial charge in [0.15, 0.2) is 11.6 Å². The second kappa shape index (κ2) is 5.49. The first-order valence-electron chi connectivity index (χ1n) is 5.58. The molecule has 0 unspecified atom stereocenters. The zero-order valence-electron chi connectivity index (χ0n) is 9.97. The summed E-state index contributed by atoms with van der Waals surface area (Å²) in [5.41, 5.74) is 5.80. The lowest BCUT2D eigenvalue weighted by atomic mass is 10.2. The highest BCUT2D eigenvalue weighted by molar-refractivity contribution is 5.92. The number of primary amides is 1. The number of hydrogen-bond acceptors (Lipinski definition) is 3. The fourth-order valence-electron chi connectivity index (χ4n) is 1.60. The van der Waals surface area contributed by atoms with Crippen LogP contribution in [0.1, 0.15) is 15.9 Å². The first-order valence-corrected chi connectivity index (χ1v) is 5.58. The van der Waals surface area contributed by atoms with Crippen LogP contribution in [-0.2, 0) is 6.61 Å². The van der Waals surface area contributed by atoms with Crippen LogP contribution in [0.5, 0.6) is 11.5 Å². The summed E-state index contributed by atoms with van der Waals surface area (Å²) in [5, 5.41) is 9.13. The molecule has 3 N–H and O–H groups in total. The molecule has 98 valence electrons. The van der Waals surface area contributed by atoms with E-state index in [2.05, 4.69) is 0 Å². The number of amides is 1. The van der Waals surface area contributed by atoms with Crippen molar-refractivity contribution in [3.8, 4) is 11.5 Å². The minimum Gasteiger partial charge on any atom is -0.454 e. The van der Waals surface area contributed by atoms with Gasteiger partial charge in [-0.2, -0.15) is 0 Å². The van der Waals surface area contributed by atoms with Gasteiger partial charge in [-0.3, -0.25) is 4.79 Å². The van der Waals surface area contributed by atoms with Crippen molar-refractivity contribution in [1.29, 1.82) is 0 Å². The number of ether oxygens (including phenoxy) is 1. The molecule has 4 nitrogen and oxygen atoms in total. The quantitative estimate of drug-likeness (QED) is 0.886. The van der Waals surface area contributed by atoms with E-state index in [0.29, 0.717) is 16.9 Å². The molecule has 0 bridgehead atoms. The van der Waals surface area contributed by atoms with Crippen molar-refractivity contribution in [1.82, 2.24) is 0 Å². The smallest absolute Gasteiger partial charge is 0.248 e. The molecule has 2 rings (SSSR count). The van der Waals surface area contributed by atoms with Crippen LogP contribution in [0.2, 0.25) is 0 Å². The zero-order valence-corrected chi connectivity index (χ0v) is 9.97. The van der Waals surface area contributed by atoms with Crippen LogP contribution in [0.15, 0.2) is 42.5 Å². The molecule has 0 saturated carbocycles. The van der Waals surface area contributed by atoms with Crippen molar-refractivity contribution in [3.05, 3.63) is 59.4 Å². The molecule has 0 atom stereocenters. The van der Waals surface area contributed by atoms with Crippen LogP contribution in [0.3, 0.4) is 0 Å². The second-order valence-electron chi connectivity index (χ2n) is 3.88. The number of aliphatic hydroxyl groups excluding tert-OH is 1. The van der Waals surface area contributed by atoms with Crippen molar-refractivity contribution < 1.29 is 19.0 Å². The monoisotopic (exact) mass is 261 g/mol. The van der Waals surface area contributed by atoms with Gasteiger partial charge in [0.2, 0.25) is 5.91 Å². The average Bonchev–Trinajstić information content (AvgIpc) is 2.41. The SMILES string of the molecule is NC(=O)c1ccc(Oc2c(F)cccc2CO)cc1. The Balaban J connectivity index is 2.28. The summed E-state index contributed by atoms with van der Waals surface area (Å²) < 4.78 is 19.0. The zero-order chi connectivity index (χ0) is 13.8. The molecule has 2 aromatic rings. The molecule has 19 heavy (non-hydrogen) atoms. The van der Waals surface area contributed by atoms with Crippen molar-refractivity contribution >= 4 is 5.91 Å². The lowest BCUT2D eigenvalue weighted by Crippen LogP contribution is -2.10. The predicted molar refractivity (Wildman–Crippen MR) is 67.4 cm³/mol. The standard InChI is InChI=1S/C14H12FNO3/c15-12-3-1-2-10(8-17)13(12)19-11-6-4-9(5-7-11)14(16)18/h1-7,17H,8H2,(H2,16,18). The summed E-state index contributed by atoms with van der Waals surface area (Å²) in [4.78, 5) is 10.9. The van der Waals surface area contributed by atoms with E-state index in [4.69, 9.17) is 15.6 Å². The van der Waals surface area contributed by atoms with Crippen LogP contribution in [-0.4, -0.2) is 11.0 Å². The van der Waals surface area contributed by atoms with Crippen molar-refractivity contribution in [2.45, 2.75) is 6.61 Å². The molecule has 0 aliphatic carbocycles. The number of rotatable bonds is 4. The lowest BCUT2D eigenvalue weighted by molar-refractivity contribution is 0.100. The Labute approximate surface area is 109 Å². The maximum atomic E-state index is 13.6. The Hall–Kier alpha value is -2.40. The average molecular weight is 261 g/mol. The molecule has 0 spiro atoms. The third-order valence-electron chi connectivity index (χ3n) is 2.58. The molecule has 2 aromatic carbocycles. The second-order valence-corrected chi connectivity index (χ2v) is 3.88. The van der Waals surface area contributed by atoms with E-state index in [-0.39, 0.29) is 12.4 Å². The normalized spacial score (nSPS) is 10.2. The number of halogens is 1. The highest BCUT2D eigenvalue weighted by Crippen LogP contribution is 2.28. The van der Waals surface area contributed by atoms with E-state index in [1.165, 1.54) is 36.4 Å². The van der Waals surface area contributed by atoms with E-state index >= 15 is 0 Å². The van der Waals surface area contributed by atoms with Crippen LogP contribution in [0.4, 0.5) is 4.39 Å². The molecular formula is C14H12FNO3. The van der Waals surface area contributed by atoms with E-state index in [0.717, 1.165) is 0 Å². The minimum atomic E-state index is -0.564. The van der Waals surface area contributed by atoms with Gasteiger partial charge in [0, 0.05) is 11.1 Å². The molecule has 1 amide bonds. The van der Waals surface area contributed by atoms with Gasteiger partial charge in [0.25, 0.3) is 0 Å². The number of carbonyl (C=O) groups is 1. The minimum absolute atomic E-state index is 0.0307. The molecule has 5 heteroatoms. The predicted octanol–water partition coefficient (Wildman–Crippen LogP) is 2.21. The molecule has 0 aliphatic heterocycles. The van der Waals surface area contributed by atoms with Crippen molar-refractivity contribution in [3.63, 3.8) is 0 Å². The van der Waals surface area contributed by atoms with Gasteiger partial charge in [-0.25, -0.2) is 4.39 Å². The van der Waals surface area contributed by atoms with Gasteiger partial charge in [0.1, 0.15) is 5.75 Å². The fourth-order valence-corrected chi connectivity index (χ4v) is 1.60. The summed E-state index contributed by atoms with van der Waals surface area (Å²) in [6.07, 6.45) is 0. The third kappa shape index (κ3) is 2.89. The van der Waals surface area contributed by atoms with E-state index in [1.807, 2.05) is 0 Å². The number of hydrogen-bond donors (Lipinski definition) is 2. The van der Waals surface area contributed by atoms with E-state index in [9.17, 15) is 9.18 Å². The summed E-state index contributed by atoms with van der Waals surface area (Å²) >= 11 is 0. The largest absolute Gasteiger partial charge is 0.454 e. The topological polar surface area (TPSA) is 72.6 Å². The van der Waals surface area contributed by atoms with E-state index in [1.54, 1.807) is 6.07 Å². The fraction of sp³-hybridized carbons (Fsp3) is 0.0714. The van der Waals surface area contributed by atoms with Gasteiger partial charge in [-0.1, -0.05) is 12.1 Å². The van der Waals surface area contributed by atoms with Crippen LogP contribution >= 0.6 is 0 Å². The molecule has 0 heterocycles. The Morgan fingerprint density at radius 1 is 1.21 bits per heavy atom. The summed E-state index contributed by atoms with van der Waals surface area (Å²) in [6, 6.07) is 10.3. The Bertz CT molecular complexity index is 596. The highest BCUT2D eigenvalue weighted by atomic mass is 19.1. The Morgan fingerprint density at radius 3 is 2.47 bits per heavy atom. The molecule has 0 aromatic heterocycles. The number of carbonyl (C=O) groups excluding carboxylic acids is 1. The number of para-hydroxylation sites is 1. The Kier molecular flexibility index (Phi) is 3.77. The van der Waals surface area contributed by atoms with Crippen molar-refractivity contribution in [2.24, 2.45) is 5.73 Å². The summed E-state index contributed by atoms with van der Waals surface area (Å²) in [5.74, 6) is -0.791. The van der Waals surface area contributed by atoms with Gasteiger partial charge >= 0.3 is 0 Å². The highest BCUT2D eigenvalue weighted by Gasteiger charge is 2.10. The summed E-state index contributed by atoms with van der Waals surface area (Å²) in [6.45, 7) is -0.327. The number of aliphatic hydroxyl groups is 1. The molecule has 0 fully saturated rings. The number of nitrogens with two attached hydrogens (primary N) is 1.